The van der Waals surface area contributed by atoms with E-state index >= 15 is 0 Å². The van der Waals surface area contributed by atoms with Gasteiger partial charge in [0.25, 0.3) is 0 Å². The van der Waals surface area contributed by atoms with Crippen LogP contribution in [-0.2, 0) is 15.0 Å². The Hall–Kier alpha value is -1.88. The number of likely N-dealkylation sites (tertiary alicyclic amines) is 1. The van der Waals surface area contributed by atoms with Gasteiger partial charge in [-0.2, -0.15) is 0 Å². The van der Waals surface area contributed by atoms with Gasteiger partial charge in [-0.05, 0) is 69.3 Å². The van der Waals surface area contributed by atoms with Gasteiger partial charge in [0, 0.05) is 24.7 Å². The molecule has 1 saturated heterocycles. The Morgan fingerprint density at radius 1 is 0.931 bits per heavy atom. The second kappa shape index (κ2) is 9.29. The zero-order valence-corrected chi connectivity index (χ0v) is 17.5. The number of benzene rings is 1. The van der Waals surface area contributed by atoms with Gasteiger partial charge in [-0.3, -0.25) is 9.59 Å². The first-order chi connectivity index (χ1) is 14.2. The standard InChI is InChI=1S/C24H35N3O2/c28-22(19-7-8-19)26-21-11-9-20(10-12-21)24(13-3-1-4-14-24)23(29)25-15-18-27-16-5-2-6-17-27/h9-12,19H,1-8,13-18H2,(H,25,29)(H,26,28). The van der Waals surface area contributed by atoms with Crippen molar-refractivity contribution in [1.29, 1.82) is 0 Å². The second-order valence-corrected chi connectivity index (χ2v) is 9.14. The summed E-state index contributed by atoms with van der Waals surface area (Å²) in [4.78, 5) is 27.8. The largest absolute Gasteiger partial charge is 0.354 e. The topological polar surface area (TPSA) is 61.4 Å². The van der Waals surface area contributed by atoms with Crippen LogP contribution in [0.3, 0.4) is 0 Å². The molecule has 1 aromatic rings. The number of carbonyl (C=O) groups excluding carboxylic acids is 2. The molecule has 0 unspecified atom stereocenters. The molecule has 1 aliphatic heterocycles. The SMILES string of the molecule is O=C(Nc1ccc(C2(C(=O)NCCN3CCCCC3)CCCCC2)cc1)C1CC1. The summed E-state index contributed by atoms with van der Waals surface area (Å²) in [6, 6.07) is 8.04. The second-order valence-electron chi connectivity index (χ2n) is 9.14. The van der Waals surface area contributed by atoms with Crippen molar-refractivity contribution in [2.75, 3.05) is 31.5 Å². The molecule has 5 nitrogen and oxygen atoms in total. The fourth-order valence-electron chi connectivity index (χ4n) is 4.94. The number of hydrogen-bond acceptors (Lipinski definition) is 3. The van der Waals surface area contributed by atoms with Gasteiger partial charge in [0.15, 0.2) is 0 Å². The van der Waals surface area contributed by atoms with Crippen molar-refractivity contribution in [2.45, 2.75) is 69.6 Å². The van der Waals surface area contributed by atoms with Crippen LogP contribution in [0.2, 0.25) is 0 Å². The minimum atomic E-state index is -0.417. The lowest BCUT2D eigenvalue weighted by Crippen LogP contribution is -2.48. The van der Waals surface area contributed by atoms with Gasteiger partial charge in [0.2, 0.25) is 11.8 Å². The Kier molecular flexibility index (Phi) is 6.53. The zero-order valence-electron chi connectivity index (χ0n) is 17.5. The molecular weight excluding hydrogens is 362 g/mol. The van der Waals surface area contributed by atoms with Crippen molar-refractivity contribution in [3.8, 4) is 0 Å². The van der Waals surface area contributed by atoms with E-state index in [4.69, 9.17) is 0 Å². The average Bonchev–Trinajstić information content (AvgIpc) is 3.61. The van der Waals surface area contributed by atoms with Gasteiger partial charge in [0.1, 0.15) is 0 Å². The van der Waals surface area contributed by atoms with Gasteiger partial charge >= 0.3 is 0 Å². The van der Waals surface area contributed by atoms with Crippen molar-refractivity contribution >= 4 is 17.5 Å². The number of piperidine rings is 1. The highest BCUT2D eigenvalue weighted by atomic mass is 16.2. The molecular formula is C24H35N3O2. The number of nitrogens with one attached hydrogen (secondary N) is 2. The molecule has 1 heterocycles. The predicted octanol–water partition coefficient (Wildman–Crippen LogP) is 3.84. The molecule has 5 heteroatoms. The highest BCUT2D eigenvalue weighted by molar-refractivity contribution is 5.94. The summed E-state index contributed by atoms with van der Waals surface area (Å²) in [6.45, 7) is 4.01. The number of hydrogen-bond donors (Lipinski definition) is 2. The van der Waals surface area contributed by atoms with Crippen LogP contribution in [0.1, 0.15) is 69.8 Å². The van der Waals surface area contributed by atoms with Gasteiger partial charge < -0.3 is 15.5 Å². The van der Waals surface area contributed by atoms with E-state index in [1.807, 2.05) is 12.1 Å². The number of nitrogens with zero attached hydrogens (tertiary/aromatic N) is 1. The molecule has 3 aliphatic rings. The van der Waals surface area contributed by atoms with E-state index in [1.165, 1.54) is 25.7 Å². The van der Waals surface area contributed by atoms with E-state index < -0.39 is 5.41 Å². The maximum Gasteiger partial charge on any atom is 0.230 e. The highest BCUT2D eigenvalue weighted by Gasteiger charge is 2.41. The van der Waals surface area contributed by atoms with Gasteiger partial charge in [-0.25, -0.2) is 0 Å². The van der Waals surface area contributed by atoms with E-state index in [0.717, 1.165) is 76.0 Å². The smallest absolute Gasteiger partial charge is 0.230 e. The Morgan fingerprint density at radius 2 is 1.59 bits per heavy atom. The average molecular weight is 398 g/mol. The third-order valence-corrected chi connectivity index (χ3v) is 6.96. The van der Waals surface area contributed by atoms with Crippen molar-refractivity contribution in [1.82, 2.24) is 10.2 Å². The van der Waals surface area contributed by atoms with Crippen LogP contribution in [0.5, 0.6) is 0 Å². The Morgan fingerprint density at radius 3 is 2.24 bits per heavy atom. The maximum atomic E-state index is 13.3. The molecule has 2 aliphatic carbocycles. The summed E-state index contributed by atoms with van der Waals surface area (Å²) in [5.74, 6) is 0.509. The molecule has 2 amide bonds. The van der Waals surface area contributed by atoms with Crippen LogP contribution in [-0.4, -0.2) is 42.9 Å². The molecule has 0 atom stereocenters. The molecule has 0 aromatic heterocycles. The molecule has 158 valence electrons. The molecule has 0 bridgehead atoms. The summed E-state index contributed by atoms with van der Waals surface area (Å²) in [7, 11) is 0. The lowest BCUT2D eigenvalue weighted by molar-refractivity contribution is -0.128. The molecule has 2 saturated carbocycles. The fraction of sp³-hybridized carbons (Fsp3) is 0.667. The monoisotopic (exact) mass is 397 g/mol. The van der Waals surface area contributed by atoms with Crippen LogP contribution in [0.4, 0.5) is 5.69 Å². The van der Waals surface area contributed by atoms with Crippen molar-refractivity contribution in [3.05, 3.63) is 29.8 Å². The number of carbonyl (C=O) groups is 2. The molecule has 3 fully saturated rings. The molecule has 1 aromatic carbocycles. The van der Waals surface area contributed by atoms with E-state index in [1.54, 1.807) is 0 Å². The minimum absolute atomic E-state index is 0.126. The summed E-state index contributed by atoms with van der Waals surface area (Å²) in [5, 5.41) is 6.26. The first kappa shape index (κ1) is 20.4. The van der Waals surface area contributed by atoms with Gasteiger partial charge in [-0.1, -0.05) is 37.8 Å². The predicted molar refractivity (Wildman–Crippen MR) is 116 cm³/mol. The van der Waals surface area contributed by atoms with Crippen molar-refractivity contribution in [2.24, 2.45) is 5.92 Å². The van der Waals surface area contributed by atoms with Gasteiger partial charge in [-0.15, -0.1) is 0 Å². The Bertz CT molecular complexity index is 699. The summed E-state index contributed by atoms with van der Waals surface area (Å²) >= 11 is 0. The summed E-state index contributed by atoms with van der Waals surface area (Å²) in [6.07, 6.45) is 11.1. The molecule has 0 radical (unpaired) electrons. The normalized spacial score (nSPS) is 22.1. The quantitative estimate of drug-likeness (QED) is 0.735. The fourth-order valence-corrected chi connectivity index (χ4v) is 4.94. The molecule has 4 rings (SSSR count). The van der Waals surface area contributed by atoms with E-state index in [2.05, 4.69) is 27.7 Å². The van der Waals surface area contributed by atoms with E-state index in [0.29, 0.717) is 0 Å². The minimum Gasteiger partial charge on any atom is -0.354 e. The number of amides is 2. The number of anilines is 1. The van der Waals surface area contributed by atoms with Crippen LogP contribution < -0.4 is 10.6 Å². The zero-order chi connectivity index (χ0) is 20.1. The first-order valence-electron chi connectivity index (χ1n) is 11.6. The Labute approximate surface area is 174 Å². The van der Waals surface area contributed by atoms with Gasteiger partial charge in [0.05, 0.1) is 5.41 Å². The lowest BCUT2D eigenvalue weighted by Gasteiger charge is -2.37. The number of rotatable bonds is 7. The van der Waals surface area contributed by atoms with Crippen LogP contribution >= 0.6 is 0 Å². The van der Waals surface area contributed by atoms with E-state index in [9.17, 15) is 9.59 Å². The van der Waals surface area contributed by atoms with Crippen LogP contribution in [0.15, 0.2) is 24.3 Å². The third-order valence-electron chi connectivity index (χ3n) is 6.96. The summed E-state index contributed by atoms with van der Waals surface area (Å²) in [5.41, 5.74) is 1.51. The molecule has 2 N–H and O–H groups in total. The Balaban J connectivity index is 1.39. The van der Waals surface area contributed by atoms with E-state index in [-0.39, 0.29) is 17.7 Å². The lowest BCUT2D eigenvalue weighted by atomic mass is 9.68. The van der Waals surface area contributed by atoms with Crippen molar-refractivity contribution < 1.29 is 9.59 Å². The summed E-state index contributed by atoms with van der Waals surface area (Å²) < 4.78 is 0. The highest BCUT2D eigenvalue weighted by Crippen LogP contribution is 2.40. The molecule has 29 heavy (non-hydrogen) atoms. The van der Waals surface area contributed by atoms with Crippen LogP contribution in [0.25, 0.3) is 0 Å². The van der Waals surface area contributed by atoms with Crippen LogP contribution in [0, 0.1) is 5.92 Å². The van der Waals surface area contributed by atoms with Crippen molar-refractivity contribution in [3.63, 3.8) is 0 Å². The molecule has 0 spiro atoms. The maximum absolute atomic E-state index is 13.3. The first-order valence-corrected chi connectivity index (χ1v) is 11.6. The third kappa shape index (κ3) is 5.00.